The molecule has 0 aliphatic rings. The van der Waals surface area contributed by atoms with Gasteiger partial charge >= 0.3 is 0 Å². The van der Waals surface area contributed by atoms with E-state index >= 15 is 0 Å². The Morgan fingerprint density at radius 3 is 2.75 bits per heavy atom. The quantitative estimate of drug-likeness (QED) is 0.589. The molecule has 2 aromatic rings. The van der Waals surface area contributed by atoms with Crippen molar-refractivity contribution < 1.29 is 4.74 Å². The normalized spacial score (nSPS) is 10.5. The Labute approximate surface area is 128 Å². The number of benzene rings is 1. The molecule has 2 rings (SSSR count). The minimum absolute atomic E-state index is 0.886. The predicted octanol–water partition coefficient (Wildman–Crippen LogP) is 4.05. The van der Waals surface area contributed by atoms with Crippen LogP contribution in [0, 0.1) is 0 Å². The van der Waals surface area contributed by atoms with E-state index in [0.29, 0.717) is 0 Å². The number of anilines is 1. The number of rotatable bonds is 8. The van der Waals surface area contributed by atoms with Crippen molar-refractivity contribution in [3.63, 3.8) is 0 Å². The number of hydrogen-bond acceptors (Lipinski definition) is 6. The zero-order valence-electron chi connectivity index (χ0n) is 11.8. The van der Waals surface area contributed by atoms with Gasteiger partial charge in [-0.1, -0.05) is 48.6 Å². The molecule has 1 heterocycles. The molecule has 1 aromatic carbocycles. The van der Waals surface area contributed by atoms with E-state index < -0.39 is 0 Å². The highest BCUT2D eigenvalue weighted by Crippen LogP contribution is 2.28. The van der Waals surface area contributed by atoms with Crippen LogP contribution in [0.4, 0.5) is 5.13 Å². The smallest absolute Gasteiger partial charge is 0.206 e. The van der Waals surface area contributed by atoms with Gasteiger partial charge < -0.3 is 10.1 Å². The van der Waals surface area contributed by atoms with E-state index in [2.05, 4.69) is 34.6 Å². The highest BCUT2D eigenvalue weighted by Gasteiger charge is 2.04. The summed E-state index contributed by atoms with van der Waals surface area (Å²) >= 11 is 3.33. The van der Waals surface area contributed by atoms with Crippen LogP contribution in [0.3, 0.4) is 0 Å². The molecule has 6 heteroatoms. The van der Waals surface area contributed by atoms with Crippen LogP contribution >= 0.6 is 23.1 Å². The number of nitrogens with one attached hydrogen (secondary N) is 1. The Balaban J connectivity index is 1.81. The van der Waals surface area contributed by atoms with Gasteiger partial charge in [0.1, 0.15) is 5.75 Å². The Bertz CT molecular complexity index is 513. The van der Waals surface area contributed by atoms with Gasteiger partial charge in [-0.3, -0.25) is 0 Å². The maximum atomic E-state index is 5.15. The molecule has 108 valence electrons. The van der Waals surface area contributed by atoms with Crippen LogP contribution in [0.25, 0.3) is 0 Å². The molecule has 0 atom stereocenters. The highest BCUT2D eigenvalue weighted by atomic mass is 32.2. The van der Waals surface area contributed by atoms with Gasteiger partial charge in [0, 0.05) is 12.3 Å². The van der Waals surface area contributed by atoms with Crippen molar-refractivity contribution in [3.05, 3.63) is 29.8 Å². The third kappa shape index (κ3) is 4.68. The summed E-state index contributed by atoms with van der Waals surface area (Å²) in [6.45, 7) is 3.15. The maximum Gasteiger partial charge on any atom is 0.206 e. The fraction of sp³-hybridized carbons (Fsp3) is 0.429. The lowest BCUT2D eigenvalue weighted by molar-refractivity contribution is 0.414. The van der Waals surface area contributed by atoms with Crippen molar-refractivity contribution in [1.29, 1.82) is 0 Å². The summed E-state index contributed by atoms with van der Waals surface area (Å²) < 4.78 is 6.15. The van der Waals surface area contributed by atoms with Gasteiger partial charge in [-0.05, 0) is 24.1 Å². The second-order valence-corrected chi connectivity index (χ2v) is 6.49. The molecule has 0 saturated carbocycles. The molecule has 0 saturated heterocycles. The van der Waals surface area contributed by atoms with Crippen LogP contribution in [-0.4, -0.2) is 23.9 Å². The molecule has 0 aliphatic carbocycles. The molecule has 0 fully saturated rings. The van der Waals surface area contributed by atoms with Crippen molar-refractivity contribution in [2.24, 2.45) is 0 Å². The van der Waals surface area contributed by atoms with Crippen LogP contribution in [0.1, 0.15) is 25.3 Å². The zero-order valence-corrected chi connectivity index (χ0v) is 13.4. The van der Waals surface area contributed by atoms with E-state index in [9.17, 15) is 0 Å². The van der Waals surface area contributed by atoms with Gasteiger partial charge in [0.2, 0.25) is 5.13 Å². The third-order valence-electron chi connectivity index (χ3n) is 2.73. The zero-order chi connectivity index (χ0) is 14.2. The van der Waals surface area contributed by atoms with Crippen molar-refractivity contribution in [2.75, 3.05) is 19.0 Å². The molecule has 1 N–H and O–H groups in total. The number of aromatic nitrogens is 2. The SMILES string of the molecule is CCCCNc1nnc(SCc2ccc(OC)cc2)s1. The van der Waals surface area contributed by atoms with E-state index in [1.54, 1.807) is 30.2 Å². The number of unbranched alkanes of at least 4 members (excludes halogenated alkanes) is 1. The van der Waals surface area contributed by atoms with E-state index in [0.717, 1.165) is 33.9 Å². The molecule has 0 amide bonds. The predicted molar refractivity (Wildman–Crippen MR) is 85.9 cm³/mol. The van der Waals surface area contributed by atoms with Crippen molar-refractivity contribution in [2.45, 2.75) is 29.9 Å². The monoisotopic (exact) mass is 309 g/mol. The van der Waals surface area contributed by atoms with Gasteiger partial charge in [-0.25, -0.2) is 0 Å². The van der Waals surface area contributed by atoms with E-state index in [1.807, 2.05) is 12.1 Å². The Morgan fingerprint density at radius 2 is 2.05 bits per heavy atom. The lowest BCUT2D eigenvalue weighted by Gasteiger charge is -2.01. The number of ether oxygens (including phenoxy) is 1. The van der Waals surface area contributed by atoms with Crippen LogP contribution in [0.2, 0.25) is 0 Å². The van der Waals surface area contributed by atoms with Crippen molar-refractivity contribution in [3.8, 4) is 5.75 Å². The average molecular weight is 309 g/mol. The number of thioether (sulfide) groups is 1. The van der Waals surface area contributed by atoms with Gasteiger partial charge in [-0.15, -0.1) is 10.2 Å². The molecule has 0 radical (unpaired) electrons. The second kappa shape index (κ2) is 8.11. The largest absolute Gasteiger partial charge is 0.497 e. The number of hydrogen-bond donors (Lipinski definition) is 1. The summed E-state index contributed by atoms with van der Waals surface area (Å²) in [6.07, 6.45) is 2.35. The first kappa shape index (κ1) is 15.1. The summed E-state index contributed by atoms with van der Waals surface area (Å²) in [6, 6.07) is 8.11. The molecule has 0 spiro atoms. The van der Waals surface area contributed by atoms with Gasteiger partial charge in [0.25, 0.3) is 0 Å². The second-order valence-electron chi connectivity index (χ2n) is 4.29. The minimum Gasteiger partial charge on any atom is -0.497 e. The van der Waals surface area contributed by atoms with E-state index in [-0.39, 0.29) is 0 Å². The summed E-state index contributed by atoms with van der Waals surface area (Å²) in [5, 5.41) is 12.5. The van der Waals surface area contributed by atoms with E-state index in [1.165, 1.54) is 12.0 Å². The molecular formula is C14H19N3OS2. The topological polar surface area (TPSA) is 47.0 Å². The summed E-state index contributed by atoms with van der Waals surface area (Å²) in [5.74, 6) is 1.78. The van der Waals surface area contributed by atoms with Crippen LogP contribution in [0.5, 0.6) is 5.75 Å². The van der Waals surface area contributed by atoms with Crippen LogP contribution < -0.4 is 10.1 Å². The Kier molecular flexibility index (Phi) is 6.14. The standard InChI is InChI=1S/C14H19N3OS2/c1-3-4-9-15-13-16-17-14(20-13)19-10-11-5-7-12(18-2)8-6-11/h5-8H,3-4,9-10H2,1-2H3,(H,15,16). The maximum absolute atomic E-state index is 5.15. The van der Waals surface area contributed by atoms with Crippen LogP contribution in [0.15, 0.2) is 28.6 Å². The average Bonchev–Trinajstić information content (AvgIpc) is 2.94. The molecule has 0 aliphatic heterocycles. The first-order valence-electron chi connectivity index (χ1n) is 6.65. The lowest BCUT2D eigenvalue weighted by atomic mass is 10.2. The first-order valence-corrected chi connectivity index (χ1v) is 8.45. The Hall–Kier alpha value is -1.27. The number of methoxy groups -OCH3 is 1. The van der Waals surface area contributed by atoms with E-state index in [4.69, 9.17) is 4.74 Å². The Morgan fingerprint density at radius 1 is 1.25 bits per heavy atom. The summed E-state index contributed by atoms with van der Waals surface area (Å²) in [5.41, 5.74) is 1.26. The minimum atomic E-state index is 0.886. The number of nitrogens with zero attached hydrogens (tertiary/aromatic N) is 2. The van der Waals surface area contributed by atoms with Crippen LogP contribution in [-0.2, 0) is 5.75 Å². The summed E-state index contributed by atoms with van der Waals surface area (Å²) in [7, 11) is 1.68. The van der Waals surface area contributed by atoms with Gasteiger partial charge in [-0.2, -0.15) is 0 Å². The molecular weight excluding hydrogens is 290 g/mol. The van der Waals surface area contributed by atoms with Gasteiger partial charge in [0.05, 0.1) is 7.11 Å². The summed E-state index contributed by atoms with van der Waals surface area (Å²) in [4.78, 5) is 0. The fourth-order valence-corrected chi connectivity index (χ4v) is 3.31. The lowest BCUT2D eigenvalue weighted by Crippen LogP contribution is -1.99. The van der Waals surface area contributed by atoms with Crippen molar-refractivity contribution >= 4 is 28.2 Å². The third-order valence-corrected chi connectivity index (χ3v) is 4.82. The first-order chi connectivity index (χ1) is 9.81. The fourth-order valence-electron chi connectivity index (χ4n) is 1.58. The molecule has 0 bridgehead atoms. The molecule has 0 unspecified atom stereocenters. The highest BCUT2D eigenvalue weighted by molar-refractivity contribution is 8.00. The molecule has 4 nitrogen and oxygen atoms in total. The van der Waals surface area contributed by atoms with Gasteiger partial charge in [0.15, 0.2) is 4.34 Å². The van der Waals surface area contributed by atoms with Crippen molar-refractivity contribution in [1.82, 2.24) is 10.2 Å². The molecule has 20 heavy (non-hydrogen) atoms. The molecule has 1 aromatic heterocycles.